The van der Waals surface area contributed by atoms with Crippen LogP contribution in [0.2, 0.25) is 0 Å². The fourth-order valence-corrected chi connectivity index (χ4v) is 2.76. The number of Topliss-reactive ketones (excluding diaryl/α,β-unsaturated/α-hetero) is 1. The normalized spacial score (nSPS) is 13.1. The van der Waals surface area contributed by atoms with E-state index in [1.807, 2.05) is 0 Å². The highest BCUT2D eigenvalue weighted by Crippen LogP contribution is 2.19. The zero-order valence-corrected chi connectivity index (χ0v) is 15.2. The van der Waals surface area contributed by atoms with Crippen LogP contribution in [-0.4, -0.2) is 35.3 Å². The van der Waals surface area contributed by atoms with Crippen molar-refractivity contribution in [3.05, 3.63) is 69.1 Å². The molecule has 1 aliphatic rings. The summed E-state index contributed by atoms with van der Waals surface area (Å²) in [6.45, 7) is 1.62. The monoisotopic (exact) mass is 367 g/mol. The van der Waals surface area contributed by atoms with E-state index in [2.05, 4.69) is 10.6 Å². The Labute approximate surface area is 156 Å². The molecule has 140 valence electrons. The summed E-state index contributed by atoms with van der Waals surface area (Å²) in [6.07, 6.45) is 3.32. The van der Waals surface area contributed by atoms with Gasteiger partial charge in [0.25, 0.3) is 17.4 Å². The van der Waals surface area contributed by atoms with Crippen molar-refractivity contribution in [2.24, 2.45) is 0 Å². The highest BCUT2D eigenvalue weighted by atomic mass is 16.2. The number of rotatable bonds is 6. The fraction of sp³-hybridized carbons (Fsp3) is 0.300. The van der Waals surface area contributed by atoms with Crippen LogP contribution < -0.4 is 16.2 Å². The summed E-state index contributed by atoms with van der Waals surface area (Å²) in [5.41, 5.74) is 0.930. The first kappa shape index (κ1) is 18.6. The highest BCUT2D eigenvalue weighted by molar-refractivity contribution is 5.99. The van der Waals surface area contributed by atoms with E-state index in [1.54, 1.807) is 24.3 Å². The van der Waals surface area contributed by atoms with Gasteiger partial charge in [-0.25, -0.2) is 0 Å². The number of aromatic nitrogens is 1. The zero-order valence-electron chi connectivity index (χ0n) is 15.2. The molecule has 1 aromatic carbocycles. The predicted molar refractivity (Wildman–Crippen MR) is 100 cm³/mol. The van der Waals surface area contributed by atoms with Crippen molar-refractivity contribution in [1.82, 2.24) is 15.2 Å². The standard InChI is InChI=1S/C20H21N3O4/c1-12(24)14-5-3-4-13(8-14)10-23-11-15(18(25)22-16-6-7-16)9-17(20(23)27)19(26)21-2/h3-5,8-9,11,16H,6-7,10H2,1-2H3,(H,21,26)(H,22,25). The molecular formula is C20H21N3O4. The summed E-state index contributed by atoms with van der Waals surface area (Å²) in [7, 11) is 1.43. The molecule has 27 heavy (non-hydrogen) atoms. The molecule has 1 fully saturated rings. The number of benzene rings is 1. The molecule has 2 N–H and O–H groups in total. The third kappa shape index (κ3) is 4.31. The third-order valence-electron chi connectivity index (χ3n) is 4.42. The van der Waals surface area contributed by atoms with Crippen LogP contribution in [0.25, 0.3) is 0 Å². The van der Waals surface area contributed by atoms with E-state index in [0.717, 1.165) is 18.4 Å². The lowest BCUT2D eigenvalue weighted by Crippen LogP contribution is -2.34. The van der Waals surface area contributed by atoms with Crippen molar-refractivity contribution < 1.29 is 14.4 Å². The molecular weight excluding hydrogens is 346 g/mol. The first-order valence-corrected chi connectivity index (χ1v) is 8.76. The smallest absolute Gasteiger partial charge is 0.263 e. The Morgan fingerprint density at radius 3 is 2.48 bits per heavy atom. The minimum atomic E-state index is -0.549. The minimum absolute atomic E-state index is 0.0761. The van der Waals surface area contributed by atoms with Gasteiger partial charge in [0.1, 0.15) is 5.56 Å². The molecule has 3 rings (SSSR count). The molecule has 0 unspecified atom stereocenters. The molecule has 2 amide bonds. The van der Waals surface area contributed by atoms with Gasteiger partial charge in [-0.2, -0.15) is 0 Å². The summed E-state index contributed by atoms with van der Waals surface area (Å²) < 4.78 is 1.33. The Morgan fingerprint density at radius 1 is 1.11 bits per heavy atom. The second-order valence-corrected chi connectivity index (χ2v) is 6.66. The Hall–Kier alpha value is -3.22. The van der Waals surface area contributed by atoms with Crippen LogP contribution in [0.15, 0.2) is 41.3 Å². The Bertz CT molecular complexity index is 973. The Morgan fingerprint density at radius 2 is 1.85 bits per heavy atom. The number of amides is 2. The summed E-state index contributed by atoms with van der Waals surface area (Å²) in [6, 6.07) is 8.40. The van der Waals surface area contributed by atoms with Gasteiger partial charge < -0.3 is 15.2 Å². The van der Waals surface area contributed by atoms with Crippen molar-refractivity contribution >= 4 is 17.6 Å². The molecule has 1 aliphatic carbocycles. The van der Waals surface area contributed by atoms with Gasteiger partial charge in [-0.15, -0.1) is 0 Å². The molecule has 0 atom stereocenters. The second kappa shape index (κ2) is 7.57. The molecule has 0 saturated heterocycles. The van der Waals surface area contributed by atoms with Crippen LogP contribution in [-0.2, 0) is 6.54 Å². The van der Waals surface area contributed by atoms with Gasteiger partial charge in [-0.05, 0) is 37.5 Å². The van der Waals surface area contributed by atoms with E-state index in [4.69, 9.17) is 0 Å². The number of hydrogen-bond acceptors (Lipinski definition) is 4. The van der Waals surface area contributed by atoms with E-state index >= 15 is 0 Å². The molecule has 0 radical (unpaired) electrons. The van der Waals surface area contributed by atoms with Crippen LogP contribution >= 0.6 is 0 Å². The SMILES string of the molecule is CNC(=O)c1cc(C(=O)NC2CC2)cn(Cc2cccc(C(C)=O)c2)c1=O. The van der Waals surface area contributed by atoms with Gasteiger partial charge in [0.05, 0.1) is 12.1 Å². The van der Waals surface area contributed by atoms with Crippen molar-refractivity contribution in [2.75, 3.05) is 7.05 Å². The number of nitrogens with one attached hydrogen (secondary N) is 2. The lowest BCUT2D eigenvalue weighted by atomic mass is 10.1. The number of carbonyl (C=O) groups is 3. The highest BCUT2D eigenvalue weighted by Gasteiger charge is 2.25. The van der Waals surface area contributed by atoms with Gasteiger partial charge in [0.15, 0.2) is 5.78 Å². The van der Waals surface area contributed by atoms with Crippen molar-refractivity contribution in [3.63, 3.8) is 0 Å². The van der Waals surface area contributed by atoms with Gasteiger partial charge >= 0.3 is 0 Å². The Kier molecular flexibility index (Phi) is 5.21. The van der Waals surface area contributed by atoms with E-state index < -0.39 is 11.5 Å². The lowest BCUT2D eigenvalue weighted by Gasteiger charge is -2.12. The van der Waals surface area contributed by atoms with E-state index in [-0.39, 0.29) is 35.4 Å². The van der Waals surface area contributed by atoms with Gasteiger partial charge in [-0.1, -0.05) is 18.2 Å². The average Bonchev–Trinajstić information content (AvgIpc) is 3.46. The number of nitrogens with zero attached hydrogens (tertiary/aromatic N) is 1. The molecule has 1 heterocycles. The van der Waals surface area contributed by atoms with Crippen LogP contribution in [0, 0.1) is 0 Å². The van der Waals surface area contributed by atoms with Crippen LogP contribution in [0.4, 0.5) is 0 Å². The second-order valence-electron chi connectivity index (χ2n) is 6.66. The molecule has 1 aromatic heterocycles. The molecule has 7 nitrogen and oxygen atoms in total. The van der Waals surface area contributed by atoms with Gasteiger partial charge in [-0.3, -0.25) is 19.2 Å². The summed E-state index contributed by atoms with van der Waals surface area (Å²) in [5.74, 6) is -0.936. The third-order valence-corrected chi connectivity index (χ3v) is 4.42. The van der Waals surface area contributed by atoms with Gasteiger partial charge in [0.2, 0.25) is 0 Å². The van der Waals surface area contributed by atoms with E-state index in [1.165, 1.54) is 30.8 Å². The summed E-state index contributed by atoms with van der Waals surface area (Å²) >= 11 is 0. The van der Waals surface area contributed by atoms with Crippen molar-refractivity contribution in [2.45, 2.75) is 32.4 Å². The first-order chi connectivity index (χ1) is 12.9. The predicted octanol–water partition coefficient (Wildman–Crippen LogP) is 1.35. The minimum Gasteiger partial charge on any atom is -0.355 e. The number of ketones is 1. The first-order valence-electron chi connectivity index (χ1n) is 8.76. The van der Waals surface area contributed by atoms with E-state index in [9.17, 15) is 19.2 Å². The topological polar surface area (TPSA) is 97.3 Å². The number of carbonyl (C=O) groups excluding carboxylic acids is 3. The van der Waals surface area contributed by atoms with Gasteiger partial charge in [0, 0.05) is 24.8 Å². The summed E-state index contributed by atoms with van der Waals surface area (Å²) in [4.78, 5) is 48.8. The maximum Gasteiger partial charge on any atom is 0.263 e. The average molecular weight is 367 g/mol. The number of hydrogen-bond donors (Lipinski definition) is 2. The Balaban J connectivity index is 2.00. The molecule has 0 bridgehead atoms. The van der Waals surface area contributed by atoms with Crippen molar-refractivity contribution in [1.29, 1.82) is 0 Å². The zero-order chi connectivity index (χ0) is 19.6. The number of pyridine rings is 1. The van der Waals surface area contributed by atoms with Crippen LogP contribution in [0.5, 0.6) is 0 Å². The quantitative estimate of drug-likeness (QED) is 0.753. The molecule has 7 heteroatoms. The van der Waals surface area contributed by atoms with E-state index in [0.29, 0.717) is 5.56 Å². The molecule has 0 aliphatic heterocycles. The molecule has 1 saturated carbocycles. The maximum atomic E-state index is 12.7. The van der Waals surface area contributed by atoms with Crippen molar-refractivity contribution in [3.8, 4) is 0 Å². The van der Waals surface area contributed by atoms with Crippen LogP contribution in [0.3, 0.4) is 0 Å². The molecule has 0 spiro atoms. The van der Waals surface area contributed by atoms with Crippen LogP contribution in [0.1, 0.15) is 56.4 Å². The summed E-state index contributed by atoms with van der Waals surface area (Å²) in [5, 5.41) is 5.29. The maximum absolute atomic E-state index is 12.7. The fourth-order valence-electron chi connectivity index (χ4n) is 2.76. The molecule has 2 aromatic rings. The lowest BCUT2D eigenvalue weighted by molar-refractivity contribution is 0.0949. The largest absolute Gasteiger partial charge is 0.355 e.